The van der Waals surface area contributed by atoms with Crippen LogP contribution >= 0.6 is 0 Å². The van der Waals surface area contributed by atoms with Gasteiger partial charge in [0.25, 0.3) is 0 Å². The van der Waals surface area contributed by atoms with Crippen molar-refractivity contribution in [1.82, 2.24) is 10.6 Å². The molecule has 0 spiro atoms. The summed E-state index contributed by atoms with van der Waals surface area (Å²) >= 11 is 0. The summed E-state index contributed by atoms with van der Waals surface area (Å²) in [5.74, 6) is 0.689. The minimum Gasteiger partial charge on any atom is -0.355 e. The first-order chi connectivity index (χ1) is 9.40. The molecule has 0 aliphatic carbocycles. The molecule has 2 atom stereocenters. The van der Waals surface area contributed by atoms with E-state index in [1.165, 1.54) is 11.1 Å². The van der Waals surface area contributed by atoms with Crippen molar-refractivity contribution in [2.75, 3.05) is 6.54 Å². The predicted molar refractivity (Wildman–Crippen MR) is 84.7 cm³/mol. The number of rotatable bonds is 7. The molecule has 0 aliphatic heterocycles. The molecule has 0 radical (unpaired) electrons. The Morgan fingerprint density at radius 3 is 2.25 bits per heavy atom. The van der Waals surface area contributed by atoms with E-state index in [4.69, 9.17) is 0 Å². The molecule has 3 nitrogen and oxygen atoms in total. The van der Waals surface area contributed by atoms with Crippen molar-refractivity contribution in [3.8, 4) is 0 Å². The molecule has 0 saturated carbocycles. The molecular formula is C17H28N2O. The molecule has 2 N–H and O–H groups in total. The predicted octanol–water partition coefficient (Wildman–Crippen LogP) is 3.20. The molecule has 0 bridgehead atoms. The van der Waals surface area contributed by atoms with Gasteiger partial charge in [-0.1, -0.05) is 43.7 Å². The summed E-state index contributed by atoms with van der Waals surface area (Å²) in [5, 5.41) is 6.32. The first-order valence-electron chi connectivity index (χ1n) is 7.50. The van der Waals surface area contributed by atoms with Crippen LogP contribution in [-0.2, 0) is 4.79 Å². The van der Waals surface area contributed by atoms with E-state index in [1.54, 1.807) is 0 Å². The highest BCUT2D eigenvalue weighted by Crippen LogP contribution is 2.13. The van der Waals surface area contributed by atoms with Gasteiger partial charge in [0.2, 0.25) is 5.91 Å². The van der Waals surface area contributed by atoms with Crippen LogP contribution in [0.3, 0.4) is 0 Å². The Hall–Kier alpha value is -1.35. The van der Waals surface area contributed by atoms with Crippen LogP contribution in [-0.4, -0.2) is 18.5 Å². The number of aryl methyl sites for hydroxylation is 1. The van der Waals surface area contributed by atoms with Gasteiger partial charge in [-0.15, -0.1) is 0 Å². The molecule has 1 aromatic rings. The Balaban J connectivity index is 2.42. The molecule has 1 aromatic carbocycles. The fourth-order valence-electron chi connectivity index (χ4n) is 2.04. The van der Waals surface area contributed by atoms with Crippen LogP contribution in [0.2, 0.25) is 0 Å². The van der Waals surface area contributed by atoms with Gasteiger partial charge >= 0.3 is 0 Å². The molecule has 0 saturated heterocycles. The maximum Gasteiger partial charge on any atom is 0.236 e. The van der Waals surface area contributed by atoms with E-state index in [-0.39, 0.29) is 18.0 Å². The summed E-state index contributed by atoms with van der Waals surface area (Å²) in [5.41, 5.74) is 2.46. The third-order valence-corrected chi connectivity index (χ3v) is 3.49. The number of nitrogens with one attached hydrogen (secondary N) is 2. The number of hydrogen-bond donors (Lipinski definition) is 2. The highest BCUT2D eigenvalue weighted by molar-refractivity contribution is 5.81. The maximum absolute atomic E-state index is 12.0. The van der Waals surface area contributed by atoms with Gasteiger partial charge in [0.05, 0.1) is 6.04 Å². The lowest BCUT2D eigenvalue weighted by Gasteiger charge is -2.20. The van der Waals surface area contributed by atoms with Crippen molar-refractivity contribution >= 4 is 5.91 Å². The largest absolute Gasteiger partial charge is 0.355 e. The van der Waals surface area contributed by atoms with E-state index in [9.17, 15) is 4.79 Å². The average molecular weight is 276 g/mol. The Morgan fingerprint density at radius 1 is 1.10 bits per heavy atom. The number of carbonyl (C=O) groups excluding carboxylic acids is 1. The van der Waals surface area contributed by atoms with E-state index in [0.717, 1.165) is 13.0 Å². The molecule has 3 heteroatoms. The van der Waals surface area contributed by atoms with Crippen LogP contribution in [0.15, 0.2) is 24.3 Å². The summed E-state index contributed by atoms with van der Waals surface area (Å²) in [6.45, 7) is 11.1. The van der Waals surface area contributed by atoms with Gasteiger partial charge in [-0.2, -0.15) is 0 Å². The molecule has 0 fully saturated rings. The lowest BCUT2D eigenvalue weighted by molar-refractivity contribution is -0.122. The molecule has 112 valence electrons. The van der Waals surface area contributed by atoms with Crippen molar-refractivity contribution in [1.29, 1.82) is 0 Å². The van der Waals surface area contributed by atoms with Gasteiger partial charge in [-0.25, -0.2) is 0 Å². The van der Waals surface area contributed by atoms with E-state index >= 15 is 0 Å². The topological polar surface area (TPSA) is 41.1 Å². The van der Waals surface area contributed by atoms with Crippen molar-refractivity contribution in [3.63, 3.8) is 0 Å². The van der Waals surface area contributed by atoms with Crippen LogP contribution < -0.4 is 10.6 Å². The van der Waals surface area contributed by atoms with Gasteiger partial charge in [-0.3, -0.25) is 10.1 Å². The van der Waals surface area contributed by atoms with Gasteiger partial charge in [0.15, 0.2) is 0 Å². The number of benzene rings is 1. The van der Waals surface area contributed by atoms with E-state index in [2.05, 4.69) is 62.6 Å². The van der Waals surface area contributed by atoms with Crippen molar-refractivity contribution in [2.24, 2.45) is 5.92 Å². The first-order valence-corrected chi connectivity index (χ1v) is 7.50. The fraction of sp³-hybridized carbons (Fsp3) is 0.588. The van der Waals surface area contributed by atoms with E-state index < -0.39 is 0 Å². The highest BCUT2D eigenvalue weighted by Gasteiger charge is 2.15. The Kier molecular flexibility index (Phi) is 6.73. The van der Waals surface area contributed by atoms with Crippen LogP contribution in [0.4, 0.5) is 0 Å². The number of carbonyl (C=O) groups is 1. The van der Waals surface area contributed by atoms with Crippen molar-refractivity contribution in [3.05, 3.63) is 35.4 Å². The Labute approximate surface area is 123 Å². The SMILES string of the molecule is Cc1ccc([C@@H](C)NC(C)C(=O)NCCC(C)C)cc1. The summed E-state index contributed by atoms with van der Waals surface area (Å²) in [6.07, 6.45) is 1.02. The van der Waals surface area contributed by atoms with Crippen LogP contribution in [0.25, 0.3) is 0 Å². The van der Waals surface area contributed by atoms with E-state index in [0.29, 0.717) is 5.92 Å². The Bertz CT molecular complexity index is 412. The van der Waals surface area contributed by atoms with Gasteiger partial charge in [0, 0.05) is 12.6 Å². The fourth-order valence-corrected chi connectivity index (χ4v) is 2.04. The monoisotopic (exact) mass is 276 g/mol. The molecule has 0 aliphatic rings. The third-order valence-electron chi connectivity index (χ3n) is 3.49. The Morgan fingerprint density at radius 2 is 1.70 bits per heavy atom. The lowest BCUT2D eigenvalue weighted by Crippen LogP contribution is -2.43. The summed E-state index contributed by atoms with van der Waals surface area (Å²) < 4.78 is 0. The number of hydrogen-bond acceptors (Lipinski definition) is 2. The maximum atomic E-state index is 12.0. The van der Waals surface area contributed by atoms with E-state index in [1.807, 2.05) is 6.92 Å². The van der Waals surface area contributed by atoms with Crippen molar-refractivity contribution in [2.45, 2.75) is 53.1 Å². The standard InChI is InChI=1S/C17H28N2O/c1-12(2)10-11-18-17(20)15(5)19-14(4)16-8-6-13(3)7-9-16/h6-9,12,14-15,19H,10-11H2,1-5H3,(H,18,20)/t14-,15?/m1/s1. The highest BCUT2D eigenvalue weighted by atomic mass is 16.2. The molecular weight excluding hydrogens is 248 g/mol. The zero-order valence-corrected chi connectivity index (χ0v) is 13.4. The molecule has 0 heterocycles. The van der Waals surface area contributed by atoms with Gasteiger partial charge in [-0.05, 0) is 38.7 Å². The molecule has 1 amide bonds. The second-order valence-corrected chi connectivity index (χ2v) is 5.99. The molecule has 1 rings (SSSR count). The van der Waals surface area contributed by atoms with Crippen LogP contribution in [0.5, 0.6) is 0 Å². The smallest absolute Gasteiger partial charge is 0.236 e. The molecule has 0 aromatic heterocycles. The minimum atomic E-state index is -0.182. The van der Waals surface area contributed by atoms with Gasteiger partial charge < -0.3 is 5.32 Å². The normalized spacial score (nSPS) is 14.1. The zero-order chi connectivity index (χ0) is 15.1. The summed E-state index contributed by atoms with van der Waals surface area (Å²) in [4.78, 5) is 12.0. The van der Waals surface area contributed by atoms with Crippen molar-refractivity contribution < 1.29 is 4.79 Å². The quantitative estimate of drug-likeness (QED) is 0.803. The number of amides is 1. The summed E-state index contributed by atoms with van der Waals surface area (Å²) in [6, 6.07) is 8.40. The van der Waals surface area contributed by atoms with Gasteiger partial charge in [0.1, 0.15) is 0 Å². The third kappa shape index (κ3) is 5.74. The summed E-state index contributed by atoms with van der Waals surface area (Å²) in [7, 11) is 0. The molecule has 20 heavy (non-hydrogen) atoms. The first kappa shape index (κ1) is 16.7. The average Bonchev–Trinajstić information content (AvgIpc) is 2.38. The van der Waals surface area contributed by atoms with Crippen LogP contribution in [0.1, 0.15) is 51.3 Å². The zero-order valence-electron chi connectivity index (χ0n) is 13.4. The van der Waals surface area contributed by atoms with Crippen LogP contribution in [0, 0.1) is 12.8 Å². The molecule has 1 unspecified atom stereocenters. The second kappa shape index (κ2) is 8.05. The minimum absolute atomic E-state index is 0.0737. The lowest BCUT2D eigenvalue weighted by atomic mass is 10.1. The second-order valence-electron chi connectivity index (χ2n) is 5.99.